The number of benzene rings is 1. The maximum Gasteiger partial charge on any atom is 0.226 e. The first kappa shape index (κ1) is 14.0. The van der Waals surface area contributed by atoms with Gasteiger partial charge in [-0.25, -0.2) is 4.68 Å². The minimum atomic E-state index is 0.0436. The summed E-state index contributed by atoms with van der Waals surface area (Å²) in [5.41, 5.74) is 3.46. The van der Waals surface area contributed by atoms with Gasteiger partial charge >= 0.3 is 0 Å². The molecule has 6 heteroatoms. The van der Waals surface area contributed by atoms with Crippen LogP contribution in [0.3, 0.4) is 0 Å². The van der Waals surface area contributed by atoms with Crippen molar-refractivity contribution in [2.45, 2.75) is 6.04 Å². The van der Waals surface area contributed by atoms with Gasteiger partial charge in [0, 0.05) is 19.8 Å². The molecule has 1 aliphatic heterocycles. The Morgan fingerprint density at radius 2 is 2.00 bits per heavy atom. The Kier molecular flexibility index (Phi) is 3.38. The lowest BCUT2D eigenvalue weighted by Gasteiger charge is -2.24. The van der Waals surface area contributed by atoms with Crippen molar-refractivity contribution in [2.75, 3.05) is 24.3 Å². The molecule has 2 aromatic heterocycles. The molecule has 1 atom stereocenters. The van der Waals surface area contributed by atoms with Crippen LogP contribution in [0.1, 0.15) is 16.5 Å². The second kappa shape index (κ2) is 5.55. The highest BCUT2D eigenvalue weighted by Crippen LogP contribution is 2.33. The van der Waals surface area contributed by atoms with E-state index >= 15 is 0 Å². The number of thiophene rings is 1. The number of rotatable bonds is 3. The average molecular weight is 323 g/mol. The predicted molar refractivity (Wildman–Crippen MR) is 94.8 cm³/mol. The zero-order chi connectivity index (χ0) is 15.8. The lowest BCUT2D eigenvalue weighted by molar-refractivity contribution is 0.612. The minimum Gasteiger partial charge on any atom is -0.378 e. The lowest BCUT2D eigenvalue weighted by atomic mass is 10.0. The third kappa shape index (κ3) is 2.51. The molecule has 3 heterocycles. The van der Waals surface area contributed by atoms with Crippen molar-refractivity contribution in [3.05, 3.63) is 64.6 Å². The van der Waals surface area contributed by atoms with E-state index in [1.165, 1.54) is 16.1 Å². The highest BCUT2D eigenvalue weighted by atomic mass is 32.1. The van der Waals surface area contributed by atoms with Crippen LogP contribution >= 0.6 is 11.3 Å². The fourth-order valence-electron chi connectivity index (χ4n) is 2.72. The monoisotopic (exact) mass is 323 g/mol. The second-order valence-corrected chi connectivity index (χ2v) is 6.59. The number of fused-ring (bicyclic) bond motifs is 1. The lowest BCUT2D eigenvalue weighted by Crippen LogP contribution is -2.20. The third-order valence-corrected chi connectivity index (χ3v) is 4.85. The van der Waals surface area contributed by atoms with Crippen molar-refractivity contribution in [3.8, 4) is 0 Å². The molecule has 0 saturated carbocycles. The molecule has 0 saturated heterocycles. The van der Waals surface area contributed by atoms with Crippen molar-refractivity contribution in [1.82, 2.24) is 14.8 Å². The number of aromatic nitrogens is 3. The van der Waals surface area contributed by atoms with E-state index < -0.39 is 0 Å². The third-order valence-electron chi connectivity index (χ3n) is 3.95. The summed E-state index contributed by atoms with van der Waals surface area (Å²) in [6.45, 7) is 0. The zero-order valence-corrected chi connectivity index (χ0v) is 13.8. The molecule has 1 N–H and O–H groups in total. The minimum absolute atomic E-state index is 0.0436. The molecule has 0 amide bonds. The van der Waals surface area contributed by atoms with Gasteiger partial charge in [-0.15, -0.1) is 11.3 Å². The van der Waals surface area contributed by atoms with Crippen molar-refractivity contribution in [2.24, 2.45) is 0 Å². The van der Waals surface area contributed by atoms with Crippen LogP contribution in [0.4, 0.5) is 11.6 Å². The quantitative estimate of drug-likeness (QED) is 0.802. The first-order valence-electron chi connectivity index (χ1n) is 7.42. The van der Waals surface area contributed by atoms with E-state index in [4.69, 9.17) is 0 Å². The Bertz CT molecular complexity index is 830. The standard InChI is InChI=1S/C17H17N5S/c1-21(2)13-7-5-12(6-8-13)15-10-14(16-4-3-9-23-16)20-17-18-11-19-22(15)17/h3-11,15H,1-2H3,(H,18,19,20)/t15-/m0/s1. The van der Waals surface area contributed by atoms with Gasteiger partial charge in [0.25, 0.3) is 0 Å². The van der Waals surface area contributed by atoms with Gasteiger partial charge in [0.05, 0.1) is 10.6 Å². The number of hydrogen-bond donors (Lipinski definition) is 1. The summed E-state index contributed by atoms with van der Waals surface area (Å²) in [6.07, 6.45) is 3.80. The molecule has 3 aromatic rings. The first-order valence-corrected chi connectivity index (χ1v) is 8.30. The molecule has 1 aromatic carbocycles. The van der Waals surface area contributed by atoms with Crippen molar-refractivity contribution < 1.29 is 0 Å². The Morgan fingerprint density at radius 3 is 2.70 bits per heavy atom. The predicted octanol–water partition coefficient (Wildman–Crippen LogP) is 3.46. The number of allylic oxidation sites excluding steroid dienone is 1. The van der Waals surface area contributed by atoms with E-state index in [1.807, 2.05) is 18.8 Å². The van der Waals surface area contributed by atoms with Gasteiger partial charge in [0.1, 0.15) is 12.4 Å². The molecular formula is C17H17N5S. The van der Waals surface area contributed by atoms with Crippen LogP contribution in [0.15, 0.2) is 54.2 Å². The summed E-state index contributed by atoms with van der Waals surface area (Å²) in [5, 5.41) is 9.82. The van der Waals surface area contributed by atoms with E-state index in [1.54, 1.807) is 17.7 Å². The fraction of sp³-hybridized carbons (Fsp3) is 0.176. The number of nitrogens with one attached hydrogen (secondary N) is 1. The highest BCUT2D eigenvalue weighted by molar-refractivity contribution is 7.11. The summed E-state index contributed by atoms with van der Waals surface area (Å²) in [4.78, 5) is 7.63. The normalized spacial score (nSPS) is 16.4. The molecule has 0 radical (unpaired) electrons. The summed E-state index contributed by atoms with van der Waals surface area (Å²) >= 11 is 1.72. The van der Waals surface area contributed by atoms with Crippen molar-refractivity contribution in [3.63, 3.8) is 0 Å². The Morgan fingerprint density at radius 1 is 1.17 bits per heavy atom. The zero-order valence-electron chi connectivity index (χ0n) is 13.0. The number of nitrogens with zero attached hydrogens (tertiary/aromatic N) is 4. The molecule has 0 fully saturated rings. The molecular weight excluding hydrogens is 306 g/mol. The van der Waals surface area contributed by atoms with E-state index in [0.717, 1.165) is 11.6 Å². The van der Waals surface area contributed by atoms with Crippen LogP contribution in [-0.2, 0) is 0 Å². The van der Waals surface area contributed by atoms with Crippen molar-refractivity contribution >= 4 is 28.7 Å². The van der Waals surface area contributed by atoms with Crippen molar-refractivity contribution in [1.29, 1.82) is 0 Å². The van der Waals surface area contributed by atoms with E-state index in [2.05, 4.69) is 68.2 Å². The van der Waals surface area contributed by atoms with Gasteiger partial charge in [-0.3, -0.25) is 0 Å². The number of hydrogen-bond acceptors (Lipinski definition) is 5. The Balaban J connectivity index is 1.76. The molecule has 1 aliphatic rings. The average Bonchev–Trinajstić information content (AvgIpc) is 3.25. The molecule has 23 heavy (non-hydrogen) atoms. The van der Waals surface area contributed by atoms with Gasteiger partial charge in [0.2, 0.25) is 5.95 Å². The molecule has 116 valence electrons. The maximum absolute atomic E-state index is 4.38. The van der Waals surface area contributed by atoms with Gasteiger partial charge in [-0.2, -0.15) is 10.1 Å². The van der Waals surface area contributed by atoms with Gasteiger partial charge < -0.3 is 10.2 Å². The van der Waals surface area contributed by atoms with Crippen LogP contribution in [0.2, 0.25) is 0 Å². The summed E-state index contributed by atoms with van der Waals surface area (Å²) in [6, 6.07) is 12.8. The SMILES string of the molecule is CN(C)c1ccc([C@@H]2C=C(c3cccs3)Nc3ncnn32)cc1. The summed E-state index contributed by atoms with van der Waals surface area (Å²) < 4.78 is 1.92. The largest absolute Gasteiger partial charge is 0.378 e. The van der Waals surface area contributed by atoms with Crippen LogP contribution in [-0.4, -0.2) is 28.9 Å². The molecule has 0 aliphatic carbocycles. The fourth-order valence-corrected chi connectivity index (χ4v) is 3.42. The van der Waals surface area contributed by atoms with Gasteiger partial charge in [-0.1, -0.05) is 18.2 Å². The Labute approximate surface area is 138 Å². The highest BCUT2D eigenvalue weighted by Gasteiger charge is 2.23. The summed E-state index contributed by atoms with van der Waals surface area (Å²) in [7, 11) is 4.09. The van der Waals surface area contributed by atoms with Crippen LogP contribution in [0, 0.1) is 0 Å². The Hall–Kier alpha value is -2.60. The van der Waals surface area contributed by atoms with Crippen LogP contribution < -0.4 is 10.2 Å². The molecule has 5 nitrogen and oxygen atoms in total. The molecule has 4 rings (SSSR count). The van der Waals surface area contributed by atoms with E-state index in [-0.39, 0.29) is 6.04 Å². The maximum atomic E-state index is 4.38. The van der Waals surface area contributed by atoms with Crippen LogP contribution in [0.25, 0.3) is 5.70 Å². The van der Waals surface area contributed by atoms with Gasteiger partial charge in [-0.05, 0) is 35.2 Å². The van der Waals surface area contributed by atoms with Gasteiger partial charge in [0.15, 0.2) is 0 Å². The summed E-state index contributed by atoms with van der Waals surface area (Å²) in [5.74, 6) is 0.776. The smallest absolute Gasteiger partial charge is 0.226 e. The number of anilines is 2. The second-order valence-electron chi connectivity index (χ2n) is 5.64. The molecule has 0 unspecified atom stereocenters. The topological polar surface area (TPSA) is 46.0 Å². The van der Waals surface area contributed by atoms with Crippen LogP contribution in [0.5, 0.6) is 0 Å². The molecule has 0 spiro atoms. The van der Waals surface area contributed by atoms with E-state index in [0.29, 0.717) is 0 Å². The van der Waals surface area contributed by atoms with E-state index in [9.17, 15) is 0 Å². The molecule has 0 bridgehead atoms. The first-order chi connectivity index (χ1) is 11.2.